The zero-order valence-electron chi connectivity index (χ0n) is 15.2. The van der Waals surface area contributed by atoms with Crippen LogP contribution in [-0.2, 0) is 4.74 Å². The fraction of sp³-hybridized carbons (Fsp3) is 0.105. The Kier molecular flexibility index (Phi) is 6.40. The van der Waals surface area contributed by atoms with Gasteiger partial charge in [-0.05, 0) is 40.2 Å². The highest BCUT2D eigenvalue weighted by atomic mass is 79.9. The topological polar surface area (TPSA) is 82.6 Å². The van der Waals surface area contributed by atoms with E-state index in [1.54, 1.807) is 18.2 Å². The summed E-state index contributed by atoms with van der Waals surface area (Å²) in [7, 11) is 1.25. The highest BCUT2D eigenvalue weighted by Crippen LogP contribution is 2.31. The minimum Gasteiger partial charge on any atom is -0.465 e. The van der Waals surface area contributed by atoms with Crippen molar-refractivity contribution in [2.24, 2.45) is 0 Å². The SMILES string of the molecule is COC(=O)c1ccccc1Oc1nc(Nc2cccc(OC(F)(F)F)c2)ncc1Br. The molecule has 0 amide bonds. The Balaban J connectivity index is 1.83. The maximum absolute atomic E-state index is 12.4. The third-order valence-corrected chi connectivity index (χ3v) is 4.08. The summed E-state index contributed by atoms with van der Waals surface area (Å²) in [6, 6.07) is 11.6. The molecule has 0 fully saturated rings. The van der Waals surface area contributed by atoms with E-state index in [0.29, 0.717) is 4.47 Å². The molecule has 3 aromatic rings. The molecule has 1 N–H and O–H groups in total. The molecule has 0 saturated carbocycles. The second-order valence-electron chi connectivity index (χ2n) is 5.64. The van der Waals surface area contributed by atoms with Crippen LogP contribution in [-0.4, -0.2) is 29.4 Å². The maximum Gasteiger partial charge on any atom is 0.573 e. The van der Waals surface area contributed by atoms with E-state index in [0.717, 1.165) is 6.07 Å². The van der Waals surface area contributed by atoms with Gasteiger partial charge in [0, 0.05) is 11.8 Å². The fourth-order valence-electron chi connectivity index (χ4n) is 2.32. The summed E-state index contributed by atoms with van der Waals surface area (Å²) in [4.78, 5) is 20.1. The summed E-state index contributed by atoms with van der Waals surface area (Å²) >= 11 is 3.26. The number of hydrogen-bond donors (Lipinski definition) is 1. The maximum atomic E-state index is 12.4. The number of alkyl halides is 3. The smallest absolute Gasteiger partial charge is 0.465 e. The number of methoxy groups -OCH3 is 1. The van der Waals surface area contributed by atoms with Crippen LogP contribution in [0, 0.1) is 0 Å². The van der Waals surface area contributed by atoms with Crippen molar-refractivity contribution in [3.8, 4) is 17.4 Å². The molecule has 30 heavy (non-hydrogen) atoms. The first-order valence-electron chi connectivity index (χ1n) is 8.26. The monoisotopic (exact) mass is 483 g/mol. The summed E-state index contributed by atoms with van der Waals surface area (Å²) in [5.41, 5.74) is 0.456. The van der Waals surface area contributed by atoms with Crippen molar-refractivity contribution in [1.29, 1.82) is 0 Å². The summed E-state index contributed by atoms with van der Waals surface area (Å²) in [6.07, 6.45) is -3.41. The van der Waals surface area contributed by atoms with E-state index in [1.165, 1.54) is 37.6 Å². The largest absolute Gasteiger partial charge is 0.573 e. The molecule has 0 atom stereocenters. The molecule has 1 aromatic heterocycles. The molecule has 0 saturated heterocycles. The molecule has 0 bridgehead atoms. The number of esters is 1. The van der Waals surface area contributed by atoms with Crippen molar-refractivity contribution in [2.45, 2.75) is 6.36 Å². The molecule has 156 valence electrons. The molecule has 0 aliphatic heterocycles. The molecule has 0 aliphatic carbocycles. The van der Waals surface area contributed by atoms with Gasteiger partial charge in [-0.3, -0.25) is 0 Å². The molecule has 7 nitrogen and oxygen atoms in total. The molecule has 3 rings (SSSR count). The highest BCUT2D eigenvalue weighted by molar-refractivity contribution is 9.10. The number of ether oxygens (including phenoxy) is 3. The van der Waals surface area contributed by atoms with Crippen LogP contribution in [0.3, 0.4) is 0 Å². The van der Waals surface area contributed by atoms with Crippen LogP contribution in [0.5, 0.6) is 17.4 Å². The van der Waals surface area contributed by atoms with Gasteiger partial charge in [0.05, 0.1) is 17.8 Å². The van der Waals surface area contributed by atoms with Crippen molar-refractivity contribution >= 4 is 33.5 Å². The number of aromatic nitrogens is 2. The summed E-state index contributed by atoms with van der Waals surface area (Å²) in [6.45, 7) is 0. The summed E-state index contributed by atoms with van der Waals surface area (Å²) in [5, 5.41) is 2.77. The Hall–Kier alpha value is -3.34. The molecule has 0 spiro atoms. The number of carbonyl (C=O) groups excluding carboxylic acids is 1. The first-order valence-corrected chi connectivity index (χ1v) is 9.05. The normalized spacial score (nSPS) is 11.0. The first-order chi connectivity index (χ1) is 14.2. The number of hydrogen-bond acceptors (Lipinski definition) is 7. The van der Waals surface area contributed by atoms with E-state index in [4.69, 9.17) is 9.47 Å². The highest BCUT2D eigenvalue weighted by Gasteiger charge is 2.31. The minimum absolute atomic E-state index is 0.0490. The van der Waals surface area contributed by atoms with E-state index < -0.39 is 18.1 Å². The van der Waals surface area contributed by atoms with Crippen LogP contribution in [0.4, 0.5) is 24.8 Å². The number of para-hydroxylation sites is 1. The molecule has 0 unspecified atom stereocenters. The van der Waals surface area contributed by atoms with E-state index in [-0.39, 0.29) is 28.8 Å². The fourth-order valence-corrected chi connectivity index (χ4v) is 2.59. The lowest BCUT2D eigenvalue weighted by molar-refractivity contribution is -0.274. The van der Waals surface area contributed by atoms with E-state index in [1.807, 2.05) is 0 Å². The average molecular weight is 484 g/mol. The van der Waals surface area contributed by atoms with Crippen LogP contribution >= 0.6 is 15.9 Å². The number of halogens is 4. The molecular formula is C19H13BrF3N3O4. The van der Waals surface area contributed by atoms with Gasteiger partial charge in [0.15, 0.2) is 0 Å². The van der Waals surface area contributed by atoms with Crippen LogP contribution in [0.2, 0.25) is 0 Å². The molecule has 0 radical (unpaired) electrons. The van der Waals surface area contributed by atoms with E-state index >= 15 is 0 Å². The van der Waals surface area contributed by atoms with Gasteiger partial charge in [-0.1, -0.05) is 18.2 Å². The quantitative estimate of drug-likeness (QED) is 0.466. The van der Waals surface area contributed by atoms with Crippen LogP contribution in [0.15, 0.2) is 59.2 Å². The number of carbonyl (C=O) groups is 1. The van der Waals surface area contributed by atoms with Crippen molar-refractivity contribution in [3.05, 3.63) is 64.8 Å². The average Bonchev–Trinajstić information content (AvgIpc) is 2.69. The lowest BCUT2D eigenvalue weighted by atomic mass is 10.2. The molecule has 11 heteroatoms. The van der Waals surface area contributed by atoms with Gasteiger partial charge in [-0.25, -0.2) is 9.78 Å². The molecule has 1 heterocycles. The number of nitrogens with one attached hydrogen (secondary N) is 1. The second kappa shape index (κ2) is 8.99. The van der Waals surface area contributed by atoms with Gasteiger partial charge < -0.3 is 19.5 Å². The first kappa shape index (κ1) is 21.4. The van der Waals surface area contributed by atoms with Gasteiger partial charge in [0.25, 0.3) is 0 Å². The van der Waals surface area contributed by atoms with Gasteiger partial charge in [-0.2, -0.15) is 4.98 Å². The van der Waals surface area contributed by atoms with Crippen molar-refractivity contribution < 1.29 is 32.2 Å². The van der Waals surface area contributed by atoms with Gasteiger partial charge >= 0.3 is 12.3 Å². The zero-order valence-corrected chi connectivity index (χ0v) is 16.8. The molecule has 2 aromatic carbocycles. The number of benzene rings is 2. The lowest BCUT2D eigenvalue weighted by Gasteiger charge is -2.12. The second-order valence-corrected chi connectivity index (χ2v) is 6.49. The Bertz CT molecular complexity index is 1060. The van der Waals surface area contributed by atoms with E-state index in [9.17, 15) is 18.0 Å². The summed E-state index contributed by atoms with van der Waals surface area (Å²) in [5.74, 6) is -0.654. The van der Waals surface area contributed by atoms with Gasteiger partial charge in [0.1, 0.15) is 17.1 Å². The Morgan fingerprint density at radius 3 is 2.63 bits per heavy atom. The minimum atomic E-state index is -4.80. The Morgan fingerprint density at radius 2 is 1.90 bits per heavy atom. The Labute approximate surface area is 176 Å². The molecular weight excluding hydrogens is 471 g/mol. The lowest BCUT2D eigenvalue weighted by Crippen LogP contribution is -2.17. The van der Waals surface area contributed by atoms with Gasteiger partial charge in [0.2, 0.25) is 11.8 Å². The van der Waals surface area contributed by atoms with Crippen molar-refractivity contribution in [3.63, 3.8) is 0 Å². The predicted molar refractivity (Wildman–Crippen MR) is 104 cm³/mol. The van der Waals surface area contributed by atoms with Crippen LogP contribution in [0.25, 0.3) is 0 Å². The third kappa shape index (κ3) is 5.60. The predicted octanol–water partition coefficient (Wildman–Crippen LogP) is 5.46. The number of nitrogens with zero attached hydrogens (tertiary/aromatic N) is 2. The van der Waals surface area contributed by atoms with Crippen molar-refractivity contribution in [1.82, 2.24) is 9.97 Å². The van der Waals surface area contributed by atoms with Crippen LogP contribution < -0.4 is 14.8 Å². The standard InChI is InChI=1S/C19H13BrF3N3O4/c1-28-17(27)13-7-2-3-8-15(13)29-16-14(20)10-24-18(26-16)25-11-5-4-6-12(9-11)30-19(21,22)23/h2-10H,1H3,(H,24,25,26). The molecule has 0 aliphatic rings. The summed E-state index contributed by atoms with van der Waals surface area (Å²) < 4.78 is 51.9. The van der Waals surface area contributed by atoms with E-state index in [2.05, 4.69) is 36.0 Å². The van der Waals surface area contributed by atoms with Crippen LogP contribution in [0.1, 0.15) is 10.4 Å². The third-order valence-electron chi connectivity index (χ3n) is 3.53. The zero-order chi connectivity index (χ0) is 21.7. The Morgan fingerprint density at radius 1 is 1.13 bits per heavy atom. The van der Waals surface area contributed by atoms with Gasteiger partial charge in [-0.15, -0.1) is 13.2 Å². The van der Waals surface area contributed by atoms with Crippen molar-refractivity contribution in [2.75, 3.05) is 12.4 Å². The number of anilines is 2. The number of rotatable bonds is 6.